The average Bonchev–Trinajstić information content (AvgIpc) is 2.53. The maximum absolute atomic E-state index is 9.82. The van der Waals surface area contributed by atoms with Crippen LogP contribution in [0.2, 0.25) is 0 Å². The highest BCUT2D eigenvalue weighted by atomic mass is 16.5. The van der Waals surface area contributed by atoms with Crippen LogP contribution in [0.4, 0.5) is 0 Å². The summed E-state index contributed by atoms with van der Waals surface area (Å²) in [5.41, 5.74) is 2.51. The van der Waals surface area contributed by atoms with Crippen LogP contribution < -0.4 is 5.32 Å². The van der Waals surface area contributed by atoms with Gasteiger partial charge in [0.25, 0.3) is 0 Å². The number of hydrogen-bond donors (Lipinski definition) is 2. The predicted molar refractivity (Wildman–Crippen MR) is 85.2 cm³/mol. The molecule has 0 bridgehead atoms. The van der Waals surface area contributed by atoms with Gasteiger partial charge in [0.05, 0.1) is 12.7 Å². The molecule has 112 valence electrons. The summed E-state index contributed by atoms with van der Waals surface area (Å²) in [6.45, 7) is 0.861. The van der Waals surface area contributed by atoms with E-state index in [0.717, 1.165) is 6.42 Å². The third-order valence-corrected chi connectivity index (χ3v) is 3.44. The van der Waals surface area contributed by atoms with E-state index in [4.69, 9.17) is 4.74 Å². The Bertz CT molecular complexity index is 501. The van der Waals surface area contributed by atoms with Gasteiger partial charge in [0.1, 0.15) is 0 Å². The van der Waals surface area contributed by atoms with Gasteiger partial charge in [-0.25, -0.2) is 0 Å². The highest BCUT2D eigenvalue weighted by Gasteiger charge is 2.13. The van der Waals surface area contributed by atoms with Crippen LogP contribution in [0.25, 0.3) is 0 Å². The summed E-state index contributed by atoms with van der Waals surface area (Å²) in [7, 11) is 1.60. The minimum absolute atomic E-state index is 0.181. The van der Waals surface area contributed by atoms with Gasteiger partial charge in [-0.1, -0.05) is 60.7 Å². The summed E-state index contributed by atoms with van der Waals surface area (Å²) in [5, 5.41) is 13.3. The molecular weight excluding hydrogens is 262 g/mol. The number of ether oxygens (including phenoxy) is 1. The number of nitrogens with one attached hydrogen (secondary N) is 1. The predicted octanol–water partition coefficient (Wildman–Crippen LogP) is 2.57. The normalized spacial score (nSPS) is 13.8. The highest BCUT2D eigenvalue weighted by molar-refractivity contribution is 5.23. The second-order valence-corrected chi connectivity index (χ2v) is 5.17. The van der Waals surface area contributed by atoms with Crippen molar-refractivity contribution in [3.63, 3.8) is 0 Å². The summed E-state index contributed by atoms with van der Waals surface area (Å²) in [4.78, 5) is 0. The third-order valence-electron chi connectivity index (χ3n) is 3.44. The van der Waals surface area contributed by atoms with Crippen molar-refractivity contribution in [2.45, 2.75) is 18.6 Å². The fourth-order valence-electron chi connectivity index (χ4n) is 2.37. The van der Waals surface area contributed by atoms with Gasteiger partial charge in [0.2, 0.25) is 0 Å². The van der Waals surface area contributed by atoms with E-state index in [2.05, 4.69) is 41.7 Å². The molecule has 2 unspecified atom stereocenters. The highest BCUT2D eigenvalue weighted by Crippen LogP contribution is 2.18. The molecule has 0 radical (unpaired) electrons. The van der Waals surface area contributed by atoms with Gasteiger partial charge < -0.3 is 15.2 Å². The van der Waals surface area contributed by atoms with Crippen molar-refractivity contribution >= 4 is 0 Å². The first-order valence-electron chi connectivity index (χ1n) is 7.29. The van der Waals surface area contributed by atoms with Crippen molar-refractivity contribution < 1.29 is 9.84 Å². The summed E-state index contributed by atoms with van der Waals surface area (Å²) < 4.78 is 4.97. The lowest BCUT2D eigenvalue weighted by Crippen LogP contribution is -2.33. The quantitative estimate of drug-likeness (QED) is 0.783. The van der Waals surface area contributed by atoms with E-state index in [-0.39, 0.29) is 6.04 Å². The SMILES string of the molecule is COCC(O)CNC(Cc1ccccc1)c1ccccc1. The van der Waals surface area contributed by atoms with Crippen LogP contribution in [0.3, 0.4) is 0 Å². The Morgan fingerprint density at radius 1 is 1.00 bits per heavy atom. The molecule has 0 aromatic heterocycles. The van der Waals surface area contributed by atoms with Gasteiger partial charge in [0.15, 0.2) is 0 Å². The summed E-state index contributed by atoms with van der Waals surface area (Å²) in [5.74, 6) is 0. The number of aliphatic hydroxyl groups excluding tert-OH is 1. The average molecular weight is 285 g/mol. The van der Waals surface area contributed by atoms with Crippen molar-refractivity contribution in [1.82, 2.24) is 5.32 Å². The van der Waals surface area contributed by atoms with E-state index in [1.807, 2.05) is 24.3 Å². The van der Waals surface area contributed by atoms with Crippen molar-refractivity contribution in [2.75, 3.05) is 20.3 Å². The van der Waals surface area contributed by atoms with Gasteiger partial charge in [0, 0.05) is 19.7 Å². The topological polar surface area (TPSA) is 41.5 Å². The standard InChI is InChI=1S/C18H23NO2/c1-21-14-17(20)13-19-18(16-10-6-3-7-11-16)12-15-8-4-2-5-9-15/h2-11,17-20H,12-14H2,1H3. The molecule has 0 saturated carbocycles. The van der Waals surface area contributed by atoms with E-state index in [1.54, 1.807) is 7.11 Å². The van der Waals surface area contributed by atoms with Gasteiger partial charge in [-0.2, -0.15) is 0 Å². The van der Waals surface area contributed by atoms with Crippen LogP contribution in [0.1, 0.15) is 17.2 Å². The van der Waals surface area contributed by atoms with E-state index >= 15 is 0 Å². The molecule has 2 rings (SSSR count). The van der Waals surface area contributed by atoms with E-state index in [1.165, 1.54) is 11.1 Å². The smallest absolute Gasteiger partial charge is 0.0897 e. The number of rotatable bonds is 8. The minimum atomic E-state index is -0.489. The molecule has 21 heavy (non-hydrogen) atoms. The van der Waals surface area contributed by atoms with E-state index in [9.17, 15) is 5.11 Å². The monoisotopic (exact) mass is 285 g/mol. The van der Waals surface area contributed by atoms with Gasteiger partial charge in [-0.15, -0.1) is 0 Å². The molecule has 2 atom stereocenters. The zero-order valence-corrected chi connectivity index (χ0v) is 12.4. The first-order valence-corrected chi connectivity index (χ1v) is 7.29. The molecule has 2 N–H and O–H groups in total. The van der Waals surface area contributed by atoms with Crippen LogP contribution in [0, 0.1) is 0 Å². The van der Waals surface area contributed by atoms with Crippen LogP contribution in [-0.4, -0.2) is 31.5 Å². The molecule has 2 aromatic carbocycles. The Labute approximate surface area is 126 Å². The van der Waals surface area contributed by atoms with Crippen LogP contribution in [0.15, 0.2) is 60.7 Å². The zero-order chi connectivity index (χ0) is 14.9. The molecule has 3 heteroatoms. The molecule has 0 amide bonds. The molecule has 3 nitrogen and oxygen atoms in total. The molecular formula is C18H23NO2. The van der Waals surface area contributed by atoms with Crippen molar-refractivity contribution in [1.29, 1.82) is 0 Å². The van der Waals surface area contributed by atoms with Crippen molar-refractivity contribution in [3.05, 3.63) is 71.8 Å². The molecule has 0 saturated heterocycles. The van der Waals surface area contributed by atoms with Crippen molar-refractivity contribution in [3.8, 4) is 0 Å². The van der Waals surface area contributed by atoms with E-state index < -0.39 is 6.10 Å². The molecule has 0 aliphatic carbocycles. The second-order valence-electron chi connectivity index (χ2n) is 5.17. The maximum atomic E-state index is 9.82. The summed E-state index contributed by atoms with van der Waals surface area (Å²) in [6, 6.07) is 20.9. The fourth-order valence-corrected chi connectivity index (χ4v) is 2.37. The second kappa shape index (κ2) is 8.57. The maximum Gasteiger partial charge on any atom is 0.0897 e. The van der Waals surface area contributed by atoms with Crippen LogP contribution >= 0.6 is 0 Å². The molecule has 2 aromatic rings. The minimum Gasteiger partial charge on any atom is -0.389 e. The Morgan fingerprint density at radius 3 is 2.24 bits per heavy atom. The number of aliphatic hydroxyl groups is 1. The molecule has 0 spiro atoms. The Kier molecular flexibility index (Phi) is 6.41. The molecule has 0 aliphatic rings. The Balaban J connectivity index is 2.04. The van der Waals surface area contributed by atoms with Gasteiger partial charge in [-0.3, -0.25) is 0 Å². The molecule has 0 aliphatic heterocycles. The lowest BCUT2D eigenvalue weighted by atomic mass is 9.99. The van der Waals surface area contributed by atoms with Crippen LogP contribution in [0.5, 0.6) is 0 Å². The lowest BCUT2D eigenvalue weighted by molar-refractivity contribution is 0.0627. The summed E-state index contributed by atoms with van der Waals surface area (Å²) in [6.07, 6.45) is 0.405. The Hall–Kier alpha value is -1.68. The first-order chi connectivity index (χ1) is 10.3. The van der Waals surface area contributed by atoms with Gasteiger partial charge in [-0.05, 0) is 17.5 Å². The largest absolute Gasteiger partial charge is 0.389 e. The third kappa shape index (κ3) is 5.31. The lowest BCUT2D eigenvalue weighted by Gasteiger charge is -2.21. The summed E-state index contributed by atoms with van der Waals surface area (Å²) >= 11 is 0. The number of benzene rings is 2. The molecule has 0 fully saturated rings. The zero-order valence-electron chi connectivity index (χ0n) is 12.4. The fraction of sp³-hybridized carbons (Fsp3) is 0.333. The molecule has 0 heterocycles. The number of hydrogen-bond acceptors (Lipinski definition) is 3. The number of methoxy groups -OCH3 is 1. The first kappa shape index (κ1) is 15.7. The van der Waals surface area contributed by atoms with Gasteiger partial charge >= 0.3 is 0 Å². The van der Waals surface area contributed by atoms with Crippen molar-refractivity contribution in [2.24, 2.45) is 0 Å². The van der Waals surface area contributed by atoms with E-state index in [0.29, 0.717) is 13.2 Å². The Morgan fingerprint density at radius 2 is 1.62 bits per heavy atom. The van der Waals surface area contributed by atoms with Crippen LogP contribution in [-0.2, 0) is 11.2 Å².